The maximum atomic E-state index is 12.4. The van der Waals surface area contributed by atoms with Crippen molar-refractivity contribution in [2.75, 3.05) is 5.32 Å². The number of carbonyl (C=O) groups is 1. The van der Waals surface area contributed by atoms with Crippen LogP contribution in [0.15, 0.2) is 29.0 Å². The molecule has 0 aliphatic carbocycles. The number of hydrogen-bond donors (Lipinski definition) is 2. The number of alkyl halides is 2. The summed E-state index contributed by atoms with van der Waals surface area (Å²) in [6, 6.07) is 5.49. The molecule has 1 amide bonds. The van der Waals surface area contributed by atoms with E-state index in [1.165, 1.54) is 0 Å². The fourth-order valence-electron chi connectivity index (χ4n) is 1.28. The van der Waals surface area contributed by atoms with Gasteiger partial charge in [0.2, 0.25) is 5.82 Å². The summed E-state index contributed by atoms with van der Waals surface area (Å²) in [5.41, 5.74) is -1.30. The molecule has 0 aliphatic heterocycles. The van der Waals surface area contributed by atoms with E-state index in [4.69, 9.17) is 11.6 Å². The lowest BCUT2D eigenvalue weighted by Gasteiger charge is -1.96. The molecule has 2 aromatic heterocycles. The number of halogens is 3. The van der Waals surface area contributed by atoms with Crippen LogP contribution in [0.5, 0.6) is 0 Å². The van der Waals surface area contributed by atoms with Crippen molar-refractivity contribution in [1.29, 1.82) is 0 Å². The first-order valence-corrected chi connectivity index (χ1v) is 5.59. The summed E-state index contributed by atoms with van der Waals surface area (Å²) < 4.78 is 15.0. The number of aromatic amines is 1. The summed E-state index contributed by atoms with van der Waals surface area (Å²) in [5, 5.41) is 2.31. The number of nitrogens with one attached hydrogen (secondary N) is 2. The molecule has 0 aliphatic rings. The highest BCUT2D eigenvalue weighted by Gasteiger charge is 2.18. The number of carbonyl (C=O) groups excluding carboxylic acids is 1. The third-order valence-corrected chi connectivity index (χ3v) is 2.80. The molecule has 0 spiro atoms. The van der Waals surface area contributed by atoms with Gasteiger partial charge in [-0.1, -0.05) is 11.6 Å². The number of anilines is 1. The summed E-state index contributed by atoms with van der Waals surface area (Å²) in [6.07, 6.45) is 1.62. The molecule has 0 saturated carbocycles. The topological polar surface area (TPSA) is 49.0 Å². The van der Waals surface area contributed by atoms with Gasteiger partial charge in [0.15, 0.2) is 10.8 Å². The van der Waals surface area contributed by atoms with Gasteiger partial charge >= 0.3 is 0 Å². The highest BCUT2D eigenvalue weighted by molar-refractivity contribution is 9.10. The smallest absolute Gasteiger partial charge is 0.286 e. The Hall–Kier alpha value is -1.14. The summed E-state index contributed by atoms with van der Waals surface area (Å²) in [5.74, 6) is -0.523. The van der Waals surface area contributed by atoms with Crippen molar-refractivity contribution in [2.24, 2.45) is 0 Å². The van der Waals surface area contributed by atoms with Crippen molar-refractivity contribution < 1.29 is 13.6 Å². The second-order valence-corrected chi connectivity index (χ2v) is 4.26. The van der Waals surface area contributed by atoms with Crippen LogP contribution in [0.2, 0.25) is 0 Å². The van der Waals surface area contributed by atoms with Gasteiger partial charge in [0.25, 0.3) is 17.2 Å². The predicted molar refractivity (Wildman–Crippen MR) is 61.0 cm³/mol. The molecule has 0 radical (unpaired) electrons. The molecular weight excluding hydrogens is 300 g/mol. The van der Waals surface area contributed by atoms with E-state index in [2.05, 4.69) is 26.2 Å². The van der Waals surface area contributed by atoms with Crippen molar-refractivity contribution >= 4 is 44.9 Å². The Morgan fingerprint density at radius 1 is 1.62 bits per heavy atom. The van der Waals surface area contributed by atoms with Gasteiger partial charge < -0.3 is 0 Å². The summed E-state index contributed by atoms with van der Waals surface area (Å²) >= 11 is 8.33. The third kappa shape index (κ3) is 2.17. The first-order valence-electron chi connectivity index (χ1n) is 4.36. The second-order valence-electron chi connectivity index (χ2n) is 3.06. The van der Waals surface area contributed by atoms with Gasteiger partial charge in [0.05, 0.1) is 0 Å². The van der Waals surface area contributed by atoms with Crippen molar-refractivity contribution in [3.05, 3.63) is 29.0 Å². The van der Waals surface area contributed by atoms with Gasteiger partial charge in [-0.3, -0.25) is 10.1 Å². The standard InChI is InChI=1S/C9H6BrClFN3O/c10-5-2-1-3-7-13-6(4-15(5)7)14-9(16)8(11)12/h1-4,8H,(H,14,16)/p+1. The predicted octanol–water partition coefficient (Wildman–Crippen LogP) is 1.99. The van der Waals surface area contributed by atoms with E-state index in [0.717, 1.165) is 10.3 Å². The molecule has 7 heteroatoms. The lowest BCUT2D eigenvalue weighted by Crippen LogP contribution is -2.21. The van der Waals surface area contributed by atoms with E-state index < -0.39 is 11.5 Å². The van der Waals surface area contributed by atoms with Crippen molar-refractivity contribution in [1.82, 2.24) is 4.98 Å². The Labute approximate surface area is 104 Å². The molecule has 0 fully saturated rings. The lowest BCUT2D eigenvalue weighted by molar-refractivity contribution is -0.522. The Balaban J connectivity index is 2.33. The molecule has 4 nitrogen and oxygen atoms in total. The normalized spacial score (nSPS) is 12.7. The number of imidazole rings is 1. The van der Waals surface area contributed by atoms with Gasteiger partial charge in [0, 0.05) is 6.07 Å². The zero-order valence-electron chi connectivity index (χ0n) is 7.88. The highest BCUT2D eigenvalue weighted by Crippen LogP contribution is 2.10. The van der Waals surface area contributed by atoms with Crippen LogP contribution in [0.25, 0.3) is 5.65 Å². The van der Waals surface area contributed by atoms with E-state index in [-0.39, 0.29) is 0 Å². The third-order valence-electron chi connectivity index (χ3n) is 1.95. The molecular formula is C9H7BrClFN3O+. The quantitative estimate of drug-likeness (QED) is 0.497. The van der Waals surface area contributed by atoms with Gasteiger partial charge in [-0.2, -0.15) is 4.40 Å². The number of H-pyrrole nitrogens is 1. The van der Waals surface area contributed by atoms with E-state index in [1.807, 2.05) is 18.2 Å². The summed E-state index contributed by atoms with van der Waals surface area (Å²) in [4.78, 5) is 13.9. The largest absolute Gasteiger partial charge is 0.286 e. The number of aromatic nitrogens is 2. The van der Waals surface area contributed by atoms with Crippen molar-refractivity contribution in [3.8, 4) is 0 Å². The van der Waals surface area contributed by atoms with Crippen molar-refractivity contribution in [3.63, 3.8) is 0 Å². The van der Waals surface area contributed by atoms with E-state index in [9.17, 15) is 9.18 Å². The Morgan fingerprint density at radius 2 is 2.38 bits per heavy atom. The van der Waals surface area contributed by atoms with Crippen LogP contribution in [0.4, 0.5) is 10.2 Å². The Kier molecular flexibility index (Phi) is 3.11. The zero-order valence-corrected chi connectivity index (χ0v) is 10.2. The Morgan fingerprint density at radius 3 is 3.00 bits per heavy atom. The number of hydrogen-bond acceptors (Lipinski definition) is 1. The minimum absolute atomic E-state index is 0.375. The number of amides is 1. The molecule has 0 aromatic carbocycles. The molecule has 1 atom stereocenters. The van der Waals surface area contributed by atoms with Crippen molar-refractivity contribution in [2.45, 2.75) is 5.63 Å². The van der Waals surface area contributed by atoms with Crippen LogP contribution in [-0.2, 0) is 4.79 Å². The number of fused-ring (bicyclic) bond motifs is 1. The first-order chi connectivity index (χ1) is 7.58. The second kappa shape index (κ2) is 4.39. The van der Waals surface area contributed by atoms with Crippen LogP contribution in [-0.4, -0.2) is 16.5 Å². The summed E-state index contributed by atoms with van der Waals surface area (Å²) in [6.45, 7) is 0. The van der Waals surface area contributed by atoms with Crippen LogP contribution in [0, 0.1) is 0 Å². The fourth-order valence-corrected chi connectivity index (χ4v) is 1.78. The molecule has 0 saturated heterocycles. The average Bonchev–Trinajstić information content (AvgIpc) is 2.61. The maximum Gasteiger partial charge on any atom is 0.286 e. The van der Waals surface area contributed by atoms with Crippen LogP contribution in [0.1, 0.15) is 0 Å². The van der Waals surface area contributed by atoms with Crippen LogP contribution < -0.4 is 9.72 Å². The van der Waals surface area contributed by atoms with E-state index in [0.29, 0.717) is 5.82 Å². The van der Waals surface area contributed by atoms with E-state index >= 15 is 0 Å². The van der Waals surface area contributed by atoms with Gasteiger partial charge in [0.1, 0.15) is 0 Å². The SMILES string of the molecule is O=C(Nc1c[n+]2c(Br)cccc2[nH]1)C(F)Cl. The fraction of sp³-hybridized carbons (Fsp3) is 0.111. The molecule has 2 heterocycles. The summed E-state index contributed by atoms with van der Waals surface area (Å²) in [7, 11) is 0. The zero-order chi connectivity index (χ0) is 11.7. The first kappa shape index (κ1) is 11.3. The molecule has 2 aromatic rings. The van der Waals surface area contributed by atoms with Gasteiger partial charge in [-0.15, -0.1) is 0 Å². The molecule has 2 N–H and O–H groups in total. The molecule has 1 unspecified atom stereocenters. The van der Waals surface area contributed by atoms with Crippen LogP contribution in [0.3, 0.4) is 0 Å². The lowest BCUT2D eigenvalue weighted by atomic mass is 10.5. The molecule has 16 heavy (non-hydrogen) atoms. The average molecular weight is 308 g/mol. The molecule has 2 rings (SSSR count). The number of nitrogens with zero attached hydrogens (tertiary/aromatic N) is 1. The molecule has 0 bridgehead atoms. The van der Waals surface area contributed by atoms with E-state index in [1.54, 1.807) is 10.6 Å². The van der Waals surface area contributed by atoms with Gasteiger partial charge in [-0.25, -0.2) is 9.37 Å². The van der Waals surface area contributed by atoms with Crippen LogP contribution >= 0.6 is 27.5 Å². The Bertz CT molecular complexity index is 543. The maximum absolute atomic E-state index is 12.4. The number of pyridine rings is 1. The molecule has 84 valence electrons. The van der Waals surface area contributed by atoms with Gasteiger partial charge in [-0.05, 0) is 28.1 Å². The number of rotatable bonds is 2. The monoisotopic (exact) mass is 306 g/mol. The minimum atomic E-state index is -2.06. The minimum Gasteiger partial charge on any atom is -0.286 e. The highest BCUT2D eigenvalue weighted by atomic mass is 79.9.